The van der Waals surface area contributed by atoms with Crippen molar-refractivity contribution in [2.45, 2.75) is 25.8 Å². The predicted octanol–water partition coefficient (Wildman–Crippen LogP) is 4.59. The molecule has 3 nitrogen and oxygen atoms in total. The Balaban J connectivity index is 2.60. The lowest BCUT2D eigenvalue weighted by Gasteiger charge is -2.18. The minimum absolute atomic E-state index is 0.161. The van der Waals surface area contributed by atoms with Gasteiger partial charge in [-0.05, 0) is 40.6 Å². The van der Waals surface area contributed by atoms with Crippen molar-refractivity contribution < 1.29 is 9.13 Å². The number of hydrogen-bond acceptors (Lipinski definition) is 2. The summed E-state index contributed by atoms with van der Waals surface area (Å²) in [5.41, 5.74) is 1.61. The van der Waals surface area contributed by atoms with Gasteiger partial charge >= 0.3 is 0 Å². The van der Waals surface area contributed by atoms with Gasteiger partial charge in [0, 0.05) is 13.2 Å². The molecule has 1 heterocycles. The summed E-state index contributed by atoms with van der Waals surface area (Å²) in [5.74, 6) is -0.297. The van der Waals surface area contributed by atoms with Crippen molar-refractivity contribution in [1.82, 2.24) is 9.55 Å². The molecule has 1 atom stereocenters. The molecular weight excluding hydrogens is 331 g/mol. The third-order valence-electron chi connectivity index (χ3n) is 3.10. The van der Waals surface area contributed by atoms with Crippen molar-refractivity contribution in [3.05, 3.63) is 27.2 Å². The smallest absolute Gasteiger partial charge is 0.178 e. The monoisotopic (exact) mass is 346 g/mol. The quantitative estimate of drug-likeness (QED) is 0.802. The highest BCUT2D eigenvalue weighted by Gasteiger charge is 2.16. The van der Waals surface area contributed by atoms with Crippen molar-refractivity contribution in [2.24, 2.45) is 0 Å². The zero-order valence-electron chi connectivity index (χ0n) is 10.9. The number of nitrogens with zero attached hydrogens (tertiary/aromatic N) is 1. The van der Waals surface area contributed by atoms with E-state index >= 15 is 0 Å². The Morgan fingerprint density at radius 2 is 2.26 bits per heavy atom. The zero-order chi connectivity index (χ0) is 14.0. The molecule has 0 aliphatic heterocycles. The summed E-state index contributed by atoms with van der Waals surface area (Å²) in [7, 11) is 1.68. The summed E-state index contributed by atoms with van der Waals surface area (Å²) in [4.78, 5) is 3.05. The van der Waals surface area contributed by atoms with Gasteiger partial charge in [0.15, 0.2) is 4.77 Å². The predicted molar refractivity (Wildman–Crippen MR) is 80.6 cm³/mol. The molecule has 0 radical (unpaired) electrons. The Bertz CT molecular complexity index is 631. The van der Waals surface area contributed by atoms with Crippen molar-refractivity contribution in [3.63, 3.8) is 0 Å². The molecule has 0 saturated heterocycles. The highest BCUT2D eigenvalue weighted by Crippen LogP contribution is 2.27. The van der Waals surface area contributed by atoms with Crippen LogP contribution < -0.4 is 0 Å². The van der Waals surface area contributed by atoms with Gasteiger partial charge in [0.1, 0.15) is 5.82 Å². The Morgan fingerprint density at radius 1 is 1.53 bits per heavy atom. The number of halogens is 2. The van der Waals surface area contributed by atoms with Gasteiger partial charge in [-0.3, -0.25) is 0 Å². The molecule has 6 heteroatoms. The standard InChI is InChI=1S/C13H16BrFN2OS/c1-3-4-8(7-18-2)17-12-5-9(14)10(15)6-11(12)16-13(17)19/h5-6,8H,3-4,7H2,1-2H3,(H,16,19). The number of methoxy groups -OCH3 is 1. The maximum atomic E-state index is 13.6. The van der Waals surface area contributed by atoms with Crippen LogP contribution in [0.15, 0.2) is 16.6 Å². The molecule has 0 spiro atoms. The molecule has 1 aromatic carbocycles. The number of benzene rings is 1. The molecule has 104 valence electrons. The van der Waals surface area contributed by atoms with Gasteiger partial charge in [-0.2, -0.15) is 0 Å². The van der Waals surface area contributed by atoms with Crippen LogP contribution in [0.5, 0.6) is 0 Å². The van der Waals surface area contributed by atoms with E-state index in [1.807, 2.05) is 4.57 Å². The number of aromatic nitrogens is 2. The fraction of sp³-hybridized carbons (Fsp3) is 0.462. The number of imidazole rings is 1. The minimum atomic E-state index is -0.297. The number of ether oxygens (including phenoxy) is 1. The molecule has 1 unspecified atom stereocenters. The first-order valence-corrected chi connectivity index (χ1v) is 7.36. The van der Waals surface area contributed by atoms with E-state index in [1.54, 1.807) is 13.2 Å². The summed E-state index contributed by atoms with van der Waals surface area (Å²) in [6.45, 7) is 2.71. The lowest BCUT2D eigenvalue weighted by Crippen LogP contribution is -2.14. The lowest BCUT2D eigenvalue weighted by atomic mass is 10.1. The van der Waals surface area contributed by atoms with Gasteiger partial charge in [0.25, 0.3) is 0 Å². The fourth-order valence-corrected chi connectivity index (χ4v) is 2.98. The van der Waals surface area contributed by atoms with Gasteiger partial charge in [0.05, 0.1) is 28.2 Å². The molecule has 0 saturated carbocycles. The first-order valence-electron chi connectivity index (χ1n) is 6.16. The topological polar surface area (TPSA) is 29.9 Å². The van der Waals surface area contributed by atoms with Crippen LogP contribution in [-0.2, 0) is 4.74 Å². The van der Waals surface area contributed by atoms with Gasteiger partial charge in [0.2, 0.25) is 0 Å². The first kappa shape index (κ1) is 14.7. The van der Waals surface area contributed by atoms with Crippen molar-refractivity contribution in [1.29, 1.82) is 0 Å². The van der Waals surface area contributed by atoms with Crippen LogP contribution in [0.1, 0.15) is 25.8 Å². The van der Waals surface area contributed by atoms with Crippen molar-refractivity contribution in [3.8, 4) is 0 Å². The number of hydrogen-bond donors (Lipinski definition) is 1. The molecule has 0 bridgehead atoms. The van der Waals surface area contributed by atoms with E-state index < -0.39 is 0 Å². The van der Waals surface area contributed by atoms with E-state index in [9.17, 15) is 4.39 Å². The molecule has 1 aromatic heterocycles. The van der Waals surface area contributed by atoms with E-state index in [1.165, 1.54) is 6.07 Å². The zero-order valence-corrected chi connectivity index (χ0v) is 13.3. The Hall–Kier alpha value is -0.720. The largest absolute Gasteiger partial charge is 0.383 e. The Morgan fingerprint density at radius 3 is 2.89 bits per heavy atom. The third kappa shape index (κ3) is 2.90. The molecule has 0 fully saturated rings. The summed E-state index contributed by atoms with van der Waals surface area (Å²) < 4.78 is 21.9. The van der Waals surface area contributed by atoms with Gasteiger partial charge in [-0.1, -0.05) is 13.3 Å². The maximum absolute atomic E-state index is 13.6. The molecule has 2 rings (SSSR count). The molecule has 0 aliphatic rings. The Labute approximate surface area is 124 Å². The summed E-state index contributed by atoms with van der Waals surface area (Å²) in [6.07, 6.45) is 1.99. The average Bonchev–Trinajstić information content (AvgIpc) is 2.65. The second kappa shape index (κ2) is 6.15. The third-order valence-corrected chi connectivity index (χ3v) is 4.01. The number of H-pyrrole nitrogens is 1. The molecule has 0 aliphatic carbocycles. The molecule has 1 N–H and O–H groups in total. The minimum Gasteiger partial charge on any atom is -0.383 e. The highest BCUT2D eigenvalue weighted by molar-refractivity contribution is 9.10. The van der Waals surface area contributed by atoms with Crippen LogP contribution >= 0.6 is 28.1 Å². The van der Waals surface area contributed by atoms with Crippen LogP contribution in [0.3, 0.4) is 0 Å². The SMILES string of the molecule is CCCC(COC)n1c(=S)[nH]c2cc(F)c(Br)cc21. The lowest BCUT2D eigenvalue weighted by molar-refractivity contribution is 0.151. The van der Waals surface area contributed by atoms with Crippen LogP contribution in [0.2, 0.25) is 0 Å². The molecule has 2 aromatic rings. The van der Waals surface area contributed by atoms with E-state index in [-0.39, 0.29) is 11.9 Å². The number of aromatic amines is 1. The number of rotatable bonds is 5. The van der Waals surface area contributed by atoms with Gasteiger partial charge < -0.3 is 14.3 Å². The molecular formula is C13H16BrFN2OS. The van der Waals surface area contributed by atoms with Gasteiger partial charge in [-0.25, -0.2) is 4.39 Å². The summed E-state index contributed by atoms with van der Waals surface area (Å²) >= 11 is 8.58. The summed E-state index contributed by atoms with van der Waals surface area (Å²) in [6, 6.07) is 3.38. The number of fused-ring (bicyclic) bond motifs is 1. The number of nitrogens with one attached hydrogen (secondary N) is 1. The Kier molecular flexibility index (Phi) is 4.76. The highest BCUT2D eigenvalue weighted by atomic mass is 79.9. The maximum Gasteiger partial charge on any atom is 0.178 e. The van der Waals surface area contributed by atoms with Crippen LogP contribution in [0.25, 0.3) is 11.0 Å². The molecule has 19 heavy (non-hydrogen) atoms. The fourth-order valence-electron chi connectivity index (χ4n) is 2.30. The van der Waals surface area contributed by atoms with Crippen molar-refractivity contribution >= 4 is 39.2 Å². The van der Waals surface area contributed by atoms with Crippen LogP contribution in [-0.4, -0.2) is 23.3 Å². The second-order valence-corrected chi connectivity index (χ2v) is 5.72. The second-order valence-electron chi connectivity index (χ2n) is 4.48. The van der Waals surface area contributed by atoms with Crippen LogP contribution in [0, 0.1) is 10.6 Å². The molecule has 0 amide bonds. The normalized spacial score (nSPS) is 13.1. The van der Waals surface area contributed by atoms with E-state index in [0.717, 1.165) is 18.4 Å². The average molecular weight is 347 g/mol. The van der Waals surface area contributed by atoms with E-state index in [4.69, 9.17) is 17.0 Å². The van der Waals surface area contributed by atoms with E-state index in [2.05, 4.69) is 27.8 Å². The van der Waals surface area contributed by atoms with Crippen molar-refractivity contribution in [2.75, 3.05) is 13.7 Å². The van der Waals surface area contributed by atoms with Crippen LogP contribution in [0.4, 0.5) is 4.39 Å². The summed E-state index contributed by atoms with van der Waals surface area (Å²) in [5, 5.41) is 0. The van der Waals surface area contributed by atoms with Gasteiger partial charge in [-0.15, -0.1) is 0 Å². The first-order chi connectivity index (χ1) is 9.08. The van der Waals surface area contributed by atoms with E-state index in [0.29, 0.717) is 21.4 Å².